The number of hydrogen-bond acceptors (Lipinski definition) is 1. The molecule has 2 saturated carbocycles. The van der Waals surface area contributed by atoms with Crippen molar-refractivity contribution < 1.29 is 0 Å². The first-order valence-electron chi connectivity index (χ1n) is 7.06. The third-order valence-corrected chi connectivity index (χ3v) is 4.75. The third kappa shape index (κ3) is 2.75. The maximum Gasteiger partial charge on any atom is 0.00417 e. The molecule has 0 aromatic rings. The maximum absolute atomic E-state index is 6.15. The lowest BCUT2D eigenvalue weighted by molar-refractivity contribution is 0.139. The van der Waals surface area contributed by atoms with E-state index in [9.17, 15) is 0 Å². The zero-order valence-electron chi connectivity index (χ0n) is 10.3. The molecule has 2 aliphatic rings. The van der Waals surface area contributed by atoms with Crippen LogP contribution in [0.4, 0.5) is 0 Å². The minimum atomic E-state index is 0.517. The lowest BCUT2D eigenvalue weighted by Crippen LogP contribution is -2.36. The summed E-state index contributed by atoms with van der Waals surface area (Å²) in [6.07, 6.45) is 12.8. The first kappa shape index (κ1) is 11.4. The van der Waals surface area contributed by atoms with Crippen molar-refractivity contribution in [2.75, 3.05) is 0 Å². The zero-order valence-corrected chi connectivity index (χ0v) is 10.3. The Balaban J connectivity index is 1.95. The van der Waals surface area contributed by atoms with E-state index in [4.69, 9.17) is 5.73 Å². The van der Waals surface area contributed by atoms with E-state index in [-0.39, 0.29) is 0 Å². The van der Waals surface area contributed by atoms with E-state index in [1.54, 1.807) is 0 Å². The summed E-state index contributed by atoms with van der Waals surface area (Å²) < 4.78 is 0. The molecule has 0 saturated heterocycles. The second-order valence-electron chi connectivity index (χ2n) is 5.83. The van der Waals surface area contributed by atoms with E-state index in [1.807, 2.05) is 0 Å². The molecule has 1 nitrogen and oxygen atoms in total. The van der Waals surface area contributed by atoms with Crippen LogP contribution in [0, 0.1) is 17.8 Å². The molecule has 0 bridgehead atoms. The van der Waals surface area contributed by atoms with E-state index >= 15 is 0 Å². The molecule has 2 rings (SSSR count). The molecule has 2 aliphatic carbocycles. The summed E-state index contributed by atoms with van der Waals surface area (Å²) in [4.78, 5) is 0. The fourth-order valence-corrected chi connectivity index (χ4v) is 3.99. The SMILES string of the molecule is CCCC1CCC(N)CC1C1CCCC1. The van der Waals surface area contributed by atoms with Crippen LogP contribution >= 0.6 is 0 Å². The predicted octanol–water partition coefficient (Wildman–Crippen LogP) is 3.72. The minimum absolute atomic E-state index is 0.517. The lowest BCUT2D eigenvalue weighted by Gasteiger charge is -2.38. The summed E-state index contributed by atoms with van der Waals surface area (Å²) in [6.45, 7) is 2.33. The minimum Gasteiger partial charge on any atom is -0.328 e. The molecule has 2 N–H and O–H groups in total. The van der Waals surface area contributed by atoms with E-state index in [0.717, 1.165) is 17.8 Å². The average Bonchev–Trinajstić information content (AvgIpc) is 2.74. The van der Waals surface area contributed by atoms with E-state index in [0.29, 0.717) is 6.04 Å². The molecular formula is C14H27N. The Morgan fingerprint density at radius 1 is 1.07 bits per heavy atom. The average molecular weight is 209 g/mol. The van der Waals surface area contributed by atoms with Gasteiger partial charge in [0.2, 0.25) is 0 Å². The van der Waals surface area contributed by atoms with Gasteiger partial charge in [0.25, 0.3) is 0 Å². The Labute approximate surface area is 94.8 Å². The van der Waals surface area contributed by atoms with Crippen LogP contribution in [0.1, 0.15) is 64.7 Å². The third-order valence-electron chi connectivity index (χ3n) is 4.75. The van der Waals surface area contributed by atoms with Crippen LogP contribution < -0.4 is 5.73 Å². The molecule has 0 amide bonds. The van der Waals surface area contributed by atoms with Gasteiger partial charge in [-0.05, 0) is 37.0 Å². The fourth-order valence-electron chi connectivity index (χ4n) is 3.99. The number of rotatable bonds is 3. The fraction of sp³-hybridized carbons (Fsp3) is 1.00. The van der Waals surface area contributed by atoms with Gasteiger partial charge in [0, 0.05) is 6.04 Å². The molecule has 2 fully saturated rings. The van der Waals surface area contributed by atoms with E-state index in [1.165, 1.54) is 57.8 Å². The molecule has 0 aliphatic heterocycles. The van der Waals surface area contributed by atoms with Gasteiger partial charge in [-0.3, -0.25) is 0 Å². The molecule has 0 heterocycles. The van der Waals surface area contributed by atoms with Gasteiger partial charge in [-0.15, -0.1) is 0 Å². The van der Waals surface area contributed by atoms with Crippen molar-refractivity contribution in [3.63, 3.8) is 0 Å². The van der Waals surface area contributed by atoms with Crippen LogP contribution in [0.5, 0.6) is 0 Å². The van der Waals surface area contributed by atoms with Crippen molar-refractivity contribution in [2.24, 2.45) is 23.5 Å². The molecule has 15 heavy (non-hydrogen) atoms. The molecule has 0 aromatic heterocycles. The van der Waals surface area contributed by atoms with Crippen molar-refractivity contribution in [3.05, 3.63) is 0 Å². The van der Waals surface area contributed by atoms with Crippen LogP contribution in [0.15, 0.2) is 0 Å². The van der Waals surface area contributed by atoms with Crippen LogP contribution in [-0.2, 0) is 0 Å². The van der Waals surface area contributed by atoms with Gasteiger partial charge in [-0.25, -0.2) is 0 Å². The molecule has 0 spiro atoms. The predicted molar refractivity (Wildman–Crippen MR) is 65.7 cm³/mol. The highest BCUT2D eigenvalue weighted by atomic mass is 14.6. The van der Waals surface area contributed by atoms with Crippen molar-refractivity contribution >= 4 is 0 Å². The lowest BCUT2D eigenvalue weighted by atomic mass is 9.69. The molecular weight excluding hydrogens is 182 g/mol. The Hall–Kier alpha value is -0.0400. The molecule has 3 unspecified atom stereocenters. The molecule has 0 radical (unpaired) electrons. The summed E-state index contributed by atoms with van der Waals surface area (Å²) in [7, 11) is 0. The highest BCUT2D eigenvalue weighted by molar-refractivity contribution is 4.87. The second-order valence-corrected chi connectivity index (χ2v) is 5.83. The molecule has 88 valence electrons. The topological polar surface area (TPSA) is 26.0 Å². The summed E-state index contributed by atoms with van der Waals surface area (Å²) in [5.41, 5.74) is 6.15. The van der Waals surface area contributed by atoms with Gasteiger partial charge in [0.1, 0.15) is 0 Å². The number of nitrogens with two attached hydrogens (primary N) is 1. The van der Waals surface area contributed by atoms with Gasteiger partial charge >= 0.3 is 0 Å². The molecule has 3 atom stereocenters. The zero-order chi connectivity index (χ0) is 10.7. The van der Waals surface area contributed by atoms with E-state index in [2.05, 4.69) is 6.92 Å². The Bertz CT molecular complexity index is 184. The van der Waals surface area contributed by atoms with Crippen LogP contribution in [0.2, 0.25) is 0 Å². The molecule has 0 aromatic carbocycles. The van der Waals surface area contributed by atoms with E-state index < -0.39 is 0 Å². The first-order valence-corrected chi connectivity index (χ1v) is 7.06. The first-order chi connectivity index (χ1) is 7.31. The summed E-state index contributed by atoms with van der Waals surface area (Å²) in [5.74, 6) is 3.03. The summed E-state index contributed by atoms with van der Waals surface area (Å²) >= 11 is 0. The Morgan fingerprint density at radius 2 is 1.80 bits per heavy atom. The largest absolute Gasteiger partial charge is 0.328 e. The van der Waals surface area contributed by atoms with Crippen molar-refractivity contribution in [3.8, 4) is 0 Å². The van der Waals surface area contributed by atoms with Gasteiger partial charge in [-0.1, -0.05) is 45.4 Å². The smallest absolute Gasteiger partial charge is 0.00417 e. The van der Waals surface area contributed by atoms with Gasteiger partial charge in [-0.2, -0.15) is 0 Å². The normalized spacial score (nSPS) is 38.4. The molecule has 1 heteroatoms. The second kappa shape index (κ2) is 5.34. The van der Waals surface area contributed by atoms with Gasteiger partial charge in [0.05, 0.1) is 0 Å². The Morgan fingerprint density at radius 3 is 2.47 bits per heavy atom. The van der Waals surface area contributed by atoms with Gasteiger partial charge < -0.3 is 5.73 Å². The highest BCUT2D eigenvalue weighted by Gasteiger charge is 2.34. The standard InChI is InChI=1S/C14H27N/c1-2-5-11-8-9-13(15)10-14(11)12-6-3-4-7-12/h11-14H,2-10,15H2,1H3. The number of hydrogen-bond donors (Lipinski definition) is 1. The maximum atomic E-state index is 6.15. The van der Waals surface area contributed by atoms with Crippen molar-refractivity contribution in [1.82, 2.24) is 0 Å². The van der Waals surface area contributed by atoms with Crippen LogP contribution in [-0.4, -0.2) is 6.04 Å². The summed E-state index contributed by atoms with van der Waals surface area (Å²) in [5, 5.41) is 0. The Kier molecular flexibility index (Phi) is 4.07. The quantitative estimate of drug-likeness (QED) is 0.753. The van der Waals surface area contributed by atoms with Crippen molar-refractivity contribution in [1.29, 1.82) is 0 Å². The monoisotopic (exact) mass is 209 g/mol. The van der Waals surface area contributed by atoms with Crippen molar-refractivity contribution in [2.45, 2.75) is 70.8 Å². The van der Waals surface area contributed by atoms with Gasteiger partial charge in [0.15, 0.2) is 0 Å². The highest BCUT2D eigenvalue weighted by Crippen LogP contribution is 2.43. The summed E-state index contributed by atoms with van der Waals surface area (Å²) in [6, 6.07) is 0.517. The van der Waals surface area contributed by atoms with Crippen LogP contribution in [0.3, 0.4) is 0 Å². The van der Waals surface area contributed by atoms with Crippen LogP contribution in [0.25, 0.3) is 0 Å².